The molecule has 0 fully saturated rings. The Morgan fingerprint density at radius 2 is 1.88 bits per heavy atom. The minimum Gasteiger partial charge on any atom is -0.491 e. The summed E-state index contributed by atoms with van der Waals surface area (Å²) in [4.78, 5) is 22.4. The number of nitrogens with one attached hydrogen (secondary N) is 1. The van der Waals surface area contributed by atoms with Crippen LogP contribution in [-0.2, 0) is 0 Å². The lowest BCUT2D eigenvalue weighted by Gasteiger charge is -2.27. The first kappa shape index (κ1) is 20.0. The molecule has 134 valence electrons. The fourth-order valence-corrected chi connectivity index (χ4v) is 2.60. The van der Waals surface area contributed by atoms with Gasteiger partial charge in [0.25, 0.3) is 0 Å². The van der Waals surface area contributed by atoms with Crippen molar-refractivity contribution in [2.45, 2.75) is 51.6 Å². The number of carboxylic acid groups (broad SMARTS) is 1. The van der Waals surface area contributed by atoms with E-state index >= 15 is 0 Å². The smallest absolute Gasteiger partial charge is 0.404 e. The number of rotatable bonds is 11. The van der Waals surface area contributed by atoms with Gasteiger partial charge in [0.1, 0.15) is 12.4 Å². The molecule has 1 aromatic rings. The van der Waals surface area contributed by atoms with Gasteiger partial charge in [0.05, 0.1) is 5.60 Å². The molecule has 1 amide bonds. The van der Waals surface area contributed by atoms with Crippen LogP contribution in [0.2, 0.25) is 0 Å². The van der Waals surface area contributed by atoms with Gasteiger partial charge in [0.2, 0.25) is 0 Å². The number of benzene rings is 1. The monoisotopic (exact) mass is 337 g/mol. The first-order chi connectivity index (χ1) is 11.4. The average molecular weight is 337 g/mol. The molecular weight excluding hydrogens is 310 g/mol. The molecule has 6 nitrogen and oxygen atoms in total. The van der Waals surface area contributed by atoms with E-state index in [2.05, 4.69) is 5.32 Å². The van der Waals surface area contributed by atoms with Crippen molar-refractivity contribution < 1.29 is 24.5 Å². The highest BCUT2D eigenvalue weighted by Crippen LogP contribution is 2.22. The van der Waals surface area contributed by atoms with E-state index < -0.39 is 11.7 Å². The number of ether oxygens (including phenoxy) is 1. The standard InChI is InChI=1S/C18H27NO5/c1-3-9-18(23,10-4-2)13-24-15-7-5-6-14(12-15)16(20)8-11-19-17(21)22/h5-7,12,19,23H,3-4,8-11,13H2,1-2H3,(H,21,22). The minimum atomic E-state index is -1.15. The molecule has 24 heavy (non-hydrogen) atoms. The molecule has 0 spiro atoms. The number of hydrogen-bond acceptors (Lipinski definition) is 4. The van der Waals surface area contributed by atoms with Crippen LogP contribution in [0.25, 0.3) is 0 Å². The fourth-order valence-electron chi connectivity index (χ4n) is 2.60. The second-order valence-electron chi connectivity index (χ2n) is 5.95. The molecule has 0 unspecified atom stereocenters. The molecule has 0 aliphatic heterocycles. The van der Waals surface area contributed by atoms with Crippen LogP contribution in [0.5, 0.6) is 5.75 Å². The Morgan fingerprint density at radius 3 is 2.46 bits per heavy atom. The van der Waals surface area contributed by atoms with Gasteiger partial charge in [-0.2, -0.15) is 0 Å². The molecule has 1 rings (SSSR count). The number of aliphatic hydroxyl groups is 1. The Balaban J connectivity index is 2.64. The summed E-state index contributed by atoms with van der Waals surface area (Å²) >= 11 is 0. The van der Waals surface area contributed by atoms with Crippen molar-refractivity contribution >= 4 is 11.9 Å². The lowest BCUT2D eigenvalue weighted by molar-refractivity contribution is -0.0202. The summed E-state index contributed by atoms with van der Waals surface area (Å²) in [6.45, 7) is 4.30. The van der Waals surface area contributed by atoms with Crippen LogP contribution in [0.15, 0.2) is 24.3 Å². The fraction of sp³-hybridized carbons (Fsp3) is 0.556. The Morgan fingerprint density at radius 1 is 1.21 bits per heavy atom. The summed E-state index contributed by atoms with van der Waals surface area (Å²) in [5, 5.41) is 21.2. The molecule has 0 saturated heterocycles. The second kappa shape index (κ2) is 9.93. The minimum absolute atomic E-state index is 0.0754. The lowest BCUT2D eigenvalue weighted by atomic mass is 9.94. The van der Waals surface area contributed by atoms with Crippen molar-refractivity contribution in [2.75, 3.05) is 13.2 Å². The summed E-state index contributed by atoms with van der Waals surface area (Å²) < 4.78 is 5.70. The van der Waals surface area contributed by atoms with E-state index in [0.29, 0.717) is 24.2 Å². The van der Waals surface area contributed by atoms with Gasteiger partial charge in [-0.15, -0.1) is 0 Å². The van der Waals surface area contributed by atoms with Crippen LogP contribution in [-0.4, -0.2) is 40.8 Å². The van der Waals surface area contributed by atoms with Gasteiger partial charge in [-0.25, -0.2) is 4.79 Å². The molecule has 3 N–H and O–H groups in total. The zero-order valence-electron chi connectivity index (χ0n) is 14.4. The van der Waals surface area contributed by atoms with E-state index in [0.717, 1.165) is 12.8 Å². The van der Waals surface area contributed by atoms with E-state index in [-0.39, 0.29) is 25.4 Å². The number of Topliss-reactive ketones (excluding diaryl/α,β-unsaturated/α-hetero) is 1. The van der Waals surface area contributed by atoms with Crippen molar-refractivity contribution in [2.24, 2.45) is 0 Å². The maximum atomic E-state index is 12.0. The average Bonchev–Trinajstić information content (AvgIpc) is 2.53. The van der Waals surface area contributed by atoms with Gasteiger partial charge in [0.15, 0.2) is 5.78 Å². The molecule has 0 aliphatic carbocycles. The zero-order valence-corrected chi connectivity index (χ0v) is 14.4. The van der Waals surface area contributed by atoms with E-state index in [1.165, 1.54) is 0 Å². The predicted octanol–water partition coefficient (Wildman–Crippen LogP) is 3.24. The molecule has 0 aliphatic rings. The highest BCUT2D eigenvalue weighted by molar-refractivity contribution is 5.96. The predicted molar refractivity (Wildman–Crippen MR) is 91.7 cm³/mol. The first-order valence-corrected chi connectivity index (χ1v) is 8.35. The van der Waals surface area contributed by atoms with Crippen LogP contribution < -0.4 is 10.1 Å². The summed E-state index contributed by atoms with van der Waals surface area (Å²) in [5.74, 6) is 0.365. The van der Waals surface area contributed by atoms with Crippen molar-refractivity contribution in [1.29, 1.82) is 0 Å². The molecule has 0 aromatic heterocycles. The van der Waals surface area contributed by atoms with Crippen molar-refractivity contribution in [3.63, 3.8) is 0 Å². The van der Waals surface area contributed by atoms with Gasteiger partial charge in [-0.3, -0.25) is 4.79 Å². The van der Waals surface area contributed by atoms with Crippen molar-refractivity contribution in [3.05, 3.63) is 29.8 Å². The third kappa shape index (κ3) is 7.00. The molecule has 0 saturated carbocycles. The number of carbonyl (C=O) groups is 2. The zero-order chi connectivity index (χ0) is 18.0. The second-order valence-corrected chi connectivity index (χ2v) is 5.95. The Kier molecular flexibility index (Phi) is 8.26. The quantitative estimate of drug-likeness (QED) is 0.539. The van der Waals surface area contributed by atoms with Gasteiger partial charge < -0.3 is 20.3 Å². The van der Waals surface area contributed by atoms with Gasteiger partial charge >= 0.3 is 6.09 Å². The summed E-state index contributed by atoms with van der Waals surface area (Å²) in [6.07, 6.45) is 2.02. The topological polar surface area (TPSA) is 95.9 Å². The SMILES string of the molecule is CCCC(O)(CCC)COc1cccc(C(=O)CCNC(=O)O)c1. The Bertz CT molecular complexity index is 538. The molecular formula is C18H27NO5. The highest BCUT2D eigenvalue weighted by Gasteiger charge is 2.25. The largest absolute Gasteiger partial charge is 0.491 e. The third-order valence-corrected chi connectivity index (χ3v) is 3.72. The van der Waals surface area contributed by atoms with Crippen molar-refractivity contribution in [3.8, 4) is 5.75 Å². The van der Waals surface area contributed by atoms with E-state index in [9.17, 15) is 14.7 Å². The molecule has 0 atom stereocenters. The van der Waals surface area contributed by atoms with E-state index in [1.54, 1.807) is 24.3 Å². The molecule has 1 aromatic carbocycles. The summed E-state index contributed by atoms with van der Waals surface area (Å²) in [7, 11) is 0. The highest BCUT2D eigenvalue weighted by atomic mass is 16.5. The molecule has 0 bridgehead atoms. The van der Waals surface area contributed by atoms with Crippen LogP contribution in [0, 0.1) is 0 Å². The molecule has 6 heteroatoms. The third-order valence-electron chi connectivity index (χ3n) is 3.72. The summed E-state index contributed by atoms with van der Waals surface area (Å²) in [6, 6.07) is 6.75. The number of carbonyl (C=O) groups excluding carboxylic acids is 1. The lowest BCUT2D eigenvalue weighted by Crippen LogP contribution is -2.35. The van der Waals surface area contributed by atoms with Gasteiger partial charge in [-0.1, -0.05) is 38.8 Å². The number of hydrogen-bond donors (Lipinski definition) is 3. The van der Waals surface area contributed by atoms with Crippen molar-refractivity contribution in [1.82, 2.24) is 5.32 Å². The first-order valence-electron chi connectivity index (χ1n) is 8.35. The summed E-state index contributed by atoms with van der Waals surface area (Å²) in [5.41, 5.74) is -0.385. The molecule has 0 heterocycles. The van der Waals surface area contributed by atoms with Crippen LogP contribution in [0.1, 0.15) is 56.3 Å². The Labute approximate surface area is 142 Å². The Hall–Kier alpha value is -2.08. The number of amides is 1. The molecule has 0 radical (unpaired) electrons. The maximum Gasteiger partial charge on any atom is 0.404 e. The van der Waals surface area contributed by atoms with Gasteiger partial charge in [-0.05, 0) is 25.0 Å². The number of ketones is 1. The van der Waals surface area contributed by atoms with Gasteiger partial charge in [0, 0.05) is 18.5 Å². The normalized spacial score (nSPS) is 11.1. The van der Waals surface area contributed by atoms with E-state index in [1.807, 2.05) is 13.8 Å². The van der Waals surface area contributed by atoms with Crippen LogP contribution in [0.3, 0.4) is 0 Å². The van der Waals surface area contributed by atoms with Crippen LogP contribution in [0.4, 0.5) is 4.79 Å². The van der Waals surface area contributed by atoms with E-state index in [4.69, 9.17) is 9.84 Å². The van der Waals surface area contributed by atoms with Crippen LogP contribution >= 0.6 is 0 Å². The maximum absolute atomic E-state index is 12.0.